The molecule has 2 aliphatic heterocycles. The van der Waals surface area contributed by atoms with Gasteiger partial charge in [-0.25, -0.2) is 9.29 Å². The monoisotopic (exact) mass is 574 g/mol. The van der Waals surface area contributed by atoms with Gasteiger partial charge in [0.05, 0.1) is 23.4 Å². The van der Waals surface area contributed by atoms with Gasteiger partial charge in [-0.3, -0.25) is 24.1 Å². The Morgan fingerprint density at radius 3 is 2.38 bits per heavy atom. The highest BCUT2D eigenvalue weighted by atomic mass is 35.5. The van der Waals surface area contributed by atoms with Gasteiger partial charge < -0.3 is 9.52 Å². The number of furan rings is 1. The number of benzene rings is 1. The zero-order valence-electron chi connectivity index (χ0n) is 20.9. The van der Waals surface area contributed by atoms with Crippen LogP contribution in [0.1, 0.15) is 43.6 Å². The van der Waals surface area contributed by atoms with Crippen molar-refractivity contribution in [3.8, 4) is 0 Å². The maximum atomic E-state index is 14.1. The first-order valence-electron chi connectivity index (χ1n) is 12.9. The number of nitrogens with zero attached hydrogens (tertiary/aromatic N) is 2. The maximum absolute atomic E-state index is 14.1. The summed E-state index contributed by atoms with van der Waals surface area (Å²) in [7, 11) is 0. The van der Waals surface area contributed by atoms with Crippen LogP contribution in [0, 0.1) is 23.6 Å². The van der Waals surface area contributed by atoms with E-state index >= 15 is 0 Å². The number of aliphatic hydroxyl groups is 1. The van der Waals surface area contributed by atoms with Gasteiger partial charge in [0.25, 0.3) is 11.8 Å². The highest BCUT2D eigenvalue weighted by molar-refractivity contribution is 6.58. The van der Waals surface area contributed by atoms with Crippen LogP contribution in [-0.2, 0) is 25.8 Å². The van der Waals surface area contributed by atoms with Crippen LogP contribution in [0.2, 0.25) is 0 Å². The average molecular weight is 575 g/mol. The van der Waals surface area contributed by atoms with Crippen LogP contribution >= 0.6 is 23.2 Å². The van der Waals surface area contributed by atoms with Crippen molar-refractivity contribution in [3.63, 3.8) is 0 Å². The molecule has 1 aromatic carbocycles. The summed E-state index contributed by atoms with van der Waals surface area (Å²) in [5, 5.41) is 9.64. The molecular weight excluding hydrogens is 550 g/mol. The van der Waals surface area contributed by atoms with Crippen LogP contribution in [-0.4, -0.2) is 49.9 Å². The number of rotatable bonds is 5. The van der Waals surface area contributed by atoms with Crippen LogP contribution in [0.3, 0.4) is 0 Å². The predicted octanol–water partition coefficient (Wildman–Crippen LogP) is 3.88. The van der Waals surface area contributed by atoms with E-state index in [-0.39, 0.29) is 48.4 Å². The Labute approximate surface area is 233 Å². The maximum Gasteiger partial charge on any atom is 0.258 e. The van der Waals surface area contributed by atoms with Crippen molar-refractivity contribution in [2.75, 3.05) is 11.4 Å². The van der Waals surface area contributed by atoms with Crippen LogP contribution < -0.4 is 4.90 Å². The second-order valence-electron chi connectivity index (χ2n) is 10.5. The molecule has 11 heteroatoms. The van der Waals surface area contributed by atoms with E-state index in [1.165, 1.54) is 23.1 Å². The summed E-state index contributed by atoms with van der Waals surface area (Å²) in [4.78, 5) is 53.0. The molecule has 0 bridgehead atoms. The predicted molar refractivity (Wildman–Crippen MR) is 138 cm³/mol. The van der Waals surface area contributed by atoms with E-state index < -0.39 is 57.7 Å². The lowest BCUT2D eigenvalue weighted by Gasteiger charge is -2.49. The number of hydrogen-bond acceptors (Lipinski definition) is 6. The molecule has 1 saturated carbocycles. The average Bonchev–Trinajstić information content (AvgIpc) is 3.53. The number of likely N-dealkylation sites (tertiary alicyclic amines) is 1. The van der Waals surface area contributed by atoms with Crippen molar-refractivity contribution < 1.29 is 33.1 Å². The van der Waals surface area contributed by atoms with Gasteiger partial charge in [0.1, 0.15) is 23.9 Å². The van der Waals surface area contributed by atoms with Crippen LogP contribution in [0.4, 0.5) is 10.1 Å². The number of hydrogen-bond donors (Lipinski definition) is 1. The Morgan fingerprint density at radius 2 is 1.74 bits per heavy atom. The summed E-state index contributed by atoms with van der Waals surface area (Å²) in [6, 6.07) is 7.92. The molecule has 1 aromatic heterocycles. The SMILES string of the molecule is CCCN1C(=O)C2CC=C3C(CC4(Cl)C(=O)N(c5ccc(F)cc5)C(=O)C4(Cl)C3c3ccc(CO)o3)C2C1=O. The molecule has 2 aliphatic carbocycles. The molecule has 3 fully saturated rings. The number of aliphatic hydroxyl groups excluding tert-OH is 1. The molecular formula is C28H25Cl2FN2O6. The zero-order chi connectivity index (χ0) is 27.9. The molecule has 39 heavy (non-hydrogen) atoms. The van der Waals surface area contributed by atoms with Crippen molar-refractivity contribution in [1.29, 1.82) is 0 Å². The molecule has 2 saturated heterocycles. The molecule has 2 aromatic rings. The Balaban J connectivity index is 1.53. The lowest BCUT2D eigenvalue weighted by Crippen LogP contribution is -2.60. The minimum atomic E-state index is -2.06. The fourth-order valence-electron chi connectivity index (χ4n) is 6.85. The second kappa shape index (κ2) is 9.01. The summed E-state index contributed by atoms with van der Waals surface area (Å²) in [6.45, 7) is 1.76. The lowest BCUT2D eigenvalue weighted by atomic mass is 9.57. The first-order valence-corrected chi connectivity index (χ1v) is 13.6. The Morgan fingerprint density at radius 1 is 1.03 bits per heavy atom. The van der Waals surface area contributed by atoms with Crippen molar-refractivity contribution in [1.82, 2.24) is 4.90 Å². The topological polar surface area (TPSA) is 108 Å². The van der Waals surface area contributed by atoms with Crippen LogP contribution in [0.5, 0.6) is 0 Å². The fraction of sp³-hybridized carbons (Fsp3) is 0.429. The summed E-state index contributed by atoms with van der Waals surface area (Å²) < 4.78 is 19.5. The molecule has 0 spiro atoms. The minimum absolute atomic E-state index is 0.103. The molecule has 6 unspecified atom stereocenters. The van der Waals surface area contributed by atoms with Gasteiger partial charge in [-0.1, -0.05) is 18.6 Å². The summed E-state index contributed by atoms with van der Waals surface area (Å²) >= 11 is 14.4. The Hall–Kier alpha value is -3.01. The van der Waals surface area contributed by atoms with E-state index in [9.17, 15) is 28.7 Å². The number of carbonyl (C=O) groups is 4. The number of carbonyl (C=O) groups excluding carboxylic acids is 4. The van der Waals surface area contributed by atoms with E-state index in [1.807, 2.05) is 13.0 Å². The molecule has 6 atom stereocenters. The summed E-state index contributed by atoms with van der Waals surface area (Å²) in [6.07, 6.45) is 2.52. The molecule has 8 nitrogen and oxygen atoms in total. The van der Waals surface area contributed by atoms with Gasteiger partial charge in [0, 0.05) is 6.54 Å². The van der Waals surface area contributed by atoms with E-state index in [0.717, 1.165) is 17.0 Å². The Bertz CT molecular complexity index is 1440. The number of fused-ring (bicyclic) bond motifs is 4. The van der Waals surface area contributed by atoms with E-state index in [4.69, 9.17) is 27.6 Å². The largest absolute Gasteiger partial charge is 0.463 e. The second-order valence-corrected chi connectivity index (χ2v) is 11.8. The number of amides is 4. The van der Waals surface area contributed by atoms with Crippen molar-refractivity contribution in [2.24, 2.45) is 17.8 Å². The molecule has 204 valence electrons. The van der Waals surface area contributed by atoms with Gasteiger partial charge >= 0.3 is 0 Å². The minimum Gasteiger partial charge on any atom is -0.463 e. The van der Waals surface area contributed by atoms with Gasteiger partial charge in [-0.15, -0.1) is 23.2 Å². The lowest BCUT2D eigenvalue weighted by molar-refractivity contribution is -0.140. The zero-order valence-corrected chi connectivity index (χ0v) is 22.4. The summed E-state index contributed by atoms with van der Waals surface area (Å²) in [5.41, 5.74) is 0.703. The van der Waals surface area contributed by atoms with Crippen molar-refractivity contribution in [3.05, 3.63) is 65.4 Å². The fourth-order valence-corrected chi connectivity index (χ4v) is 7.77. The number of imide groups is 2. The first-order chi connectivity index (χ1) is 18.6. The van der Waals surface area contributed by atoms with Gasteiger partial charge in [-0.05, 0) is 61.6 Å². The molecule has 1 N–H and O–H groups in total. The van der Waals surface area contributed by atoms with E-state index in [0.29, 0.717) is 12.0 Å². The quantitative estimate of drug-likeness (QED) is 0.330. The third-order valence-electron chi connectivity index (χ3n) is 8.56. The van der Waals surface area contributed by atoms with Gasteiger partial charge in [0.2, 0.25) is 11.8 Å². The molecule has 3 heterocycles. The highest BCUT2D eigenvalue weighted by Gasteiger charge is 2.77. The number of alkyl halides is 2. The molecule has 4 amide bonds. The highest BCUT2D eigenvalue weighted by Crippen LogP contribution is 2.65. The first kappa shape index (κ1) is 26.2. The van der Waals surface area contributed by atoms with E-state index in [1.54, 1.807) is 6.07 Å². The molecule has 6 rings (SSSR count). The standard InChI is InChI=1S/C28H25Cl2FN2O6/c1-2-11-32-23(35)18-9-8-17-19(21(18)24(32)36)12-27(29)25(37)33(15-5-3-14(31)4-6-15)26(38)28(27,30)22(17)20-10-7-16(13-34)39-20/h3-8,10,18-19,21-22,34H,2,9,11-13H2,1H3. The molecule has 0 radical (unpaired) electrons. The Kier molecular flexibility index (Phi) is 6.06. The normalized spacial score (nSPS) is 33.8. The van der Waals surface area contributed by atoms with Gasteiger partial charge in [0.15, 0.2) is 9.75 Å². The molecule has 4 aliphatic rings. The van der Waals surface area contributed by atoms with Crippen LogP contribution in [0.15, 0.2) is 52.5 Å². The van der Waals surface area contributed by atoms with Crippen LogP contribution in [0.25, 0.3) is 0 Å². The third-order valence-corrected chi connectivity index (χ3v) is 9.97. The summed E-state index contributed by atoms with van der Waals surface area (Å²) in [5.74, 6) is -5.41. The number of halogens is 3. The van der Waals surface area contributed by atoms with Gasteiger partial charge in [-0.2, -0.15) is 0 Å². The van der Waals surface area contributed by atoms with Crippen molar-refractivity contribution >= 4 is 52.5 Å². The third kappa shape index (κ3) is 3.39. The van der Waals surface area contributed by atoms with E-state index in [2.05, 4.69) is 0 Å². The number of allylic oxidation sites excluding steroid dienone is 2. The number of anilines is 1. The smallest absolute Gasteiger partial charge is 0.258 e. The van der Waals surface area contributed by atoms with Crippen molar-refractivity contribution in [2.45, 2.75) is 48.5 Å².